The van der Waals surface area contributed by atoms with E-state index in [9.17, 15) is 0 Å². The van der Waals surface area contributed by atoms with E-state index in [4.69, 9.17) is 5.84 Å². The molecule has 1 heterocycles. The molecule has 0 amide bonds. The zero-order valence-corrected chi connectivity index (χ0v) is 11.2. The second kappa shape index (κ2) is 6.66. The van der Waals surface area contributed by atoms with E-state index >= 15 is 0 Å². The number of pyridine rings is 1. The summed E-state index contributed by atoms with van der Waals surface area (Å²) < 4.78 is 0. The Hall–Kier alpha value is -1.19. The monoisotopic (exact) mass is 245 g/mol. The lowest BCUT2D eigenvalue weighted by Gasteiger charge is -2.21. The molecule has 1 unspecified atom stereocenters. The van der Waals surface area contributed by atoms with Crippen molar-refractivity contribution in [2.75, 3.05) is 0 Å². The number of nitrogens with zero attached hydrogens (tertiary/aromatic N) is 1. The largest absolute Gasteiger partial charge is 0.271 e. The fraction of sp³-hybridized carbons (Fsp3) is 0.533. The minimum absolute atomic E-state index is 0.0722. The fourth-order valence-corrected chi connectivity index (χ4v) is 2.59. The Bertz CT molecular complexity index is 412. The molecule has 0 fully saturated rings. The highest BCUT2D eigenvalue weighted by atomic mass is 15.2. The van der Waals surface area contributed by atoms with Crippen molar-refractivity contribution in [2.24, 2.45) is 5.84 Å². The molecule has 3 N–H and O–H groups in total. The van der Waals surface area contributed by atoms with Crippen molar-refractivity contribution in [1.29, 1.82) is 0 Å². The molecule has 1 aromatic rings. The molecule has 1 aliphatic carbocycles. The summed E-state index contributed by atoms with van der Waals surface area (Å²) in [5, 5.41) is 0. The van der Waals surface area contributed by atoms with Crippen LogP contribution >= 0.6 is 0 Å². The lowest BCUT2D eigenvalue weighted by molar-refractivity contribution is 0.546. The van der Waals surface area contributed by atoms with Crippen LogP contribution in [0.1, 0.15) is 56.0 Å². The topological polar surface area (TPSA) is 50.9 Å². The van der Waals surface area contributed by atoms with Gasteiger partial charge >= 0.3 is 0 Å². The first-order valence-corrected chi connectivity index (χ1v) is 6.90. The van der Waals surface area contributed by atoms with Gasteiger partial charge in [0, 0.05) is 5.69 Å². The van der Waals surface area contributed by atoms with E-state index in [0.717, 1.165) is 17.8 Å². The van der Waals surface area contributed by atoms with E-state index in [-0.39, 0.29) is 6.04 Å². The first kappa shape index (κ1) is 13.2. The molecule has 98 valence electrons. The zero-order valence-electron chi connectivity index (χ0n) is 11.2. The van der Waals surface area contributed by atoms with Crippen molar-refractivity contribution in [2.45, 2.75) is 51.5 Å². The molecule has 0 saturated carbocycles. The number of aromatic nitrogens is 1. The molecule has 3 heteroatoms. The first-order valence-electron chi connectivity index (χ1n) is 6.90. The Labute approximate surface area is 109 Å². The molecule has 18 heavy (non-hydrogen) atoms. The fourth-order valence-electron chi connectivity index (χ4n) is 2.59. The number of hydrogen-bond donors (Lipinski definition) is 2. The summed E-state index contributed by atoms with van der Waals surface area (Å²) in [5.74, 6) is 5.74. The predicted octanol–water partition coefficient (Wildman–Crippen LogP) is 3.18. The standard InChI is InChI=1S/C15H23N3/c1-12-8-7-11-14(17-12)15(18-16)13-9-5-3-2-4-6-10-13/h7-9,11,15,18H,2-6,10,16H2,1H3/b13-9+. The lowest BCUT2D eigenvalue weighted by atomic mass is 9.93. The zero-order chi connectivity index (χ0) is 12.8. The van der Waals surface area contributed by atoms with Gasteiger partial charge in [-0.15, -0.1) is 0 Å². The van der Waals surface area contributed by atoms with E-state index < -0.39 is 0 Å². The summed E-state index contributed by atoms with van der Waals surface area (Å²) in [7, 11) is 0. The van der Waals surface area contributed by atoms with Crippen LogP contribution < -0.4 is 11.3 Å². The van der Waals surface area contributed by atoms with Crippen LogP contribution in [0.4, 0.5) is 0 Å². The Morgan fingerprint density at radius 3 is 2.83 bits per heavy atom. The van der Waals surface area contributed by atoms with E-state index in [1.54, 1.807) is 0 Å². The van der Waals surface area contributed by atoms with Gasteiger partial charge in [0.25, 0.3) is 0 Å². The average Bonchev–Trinajstić information content (AvgIpc) is 2.32. The van der Waals surface area contributed by atoms with Gasteiger partial charge in [0.1, 0.15) is 0 Å². The molecule has 0 aliphatic heterocycles. The maximum absolute atomic E-state index is 5.74. The number of aryl methyl sites for hydroxylation is 1. The van der Waals surface area contributed by atoms with Crippen molar-refractivity contribution in [3.05, 3.63) is 41.2 Å². The molecule has 0 radical (unpaired) electrons. The minimum atomic E-state index is 0.0722. The number of hydrazine groups is 1. The summed E-state index contributed by atoms with van der Waals surface area (Å²) in [6, 6.07) is 6.19. The van der Waals surface area contributed by atoms with Crippen LogP contribution in [-0.4, -0.2) is 4.98 Å². The number of allylic oxidation sites excluding steroid dienone is 1. The summed E-state index contributed by atoms with van der Waals surface area (Å²) in [6.45, 7) is 2.02. The van der Waals surface area contributed by atoms with E-state index in [2.05, 4.69) is 22.6 Å². The second-order valence-electron chi connectivity index (χ2n) is 5.04. The van der Waals surface area contributed by atoms with E-state index in [0.29, 0.717) is 0 Å². The molecular weight excluding hydrogens is 222 g/mol. The van der Waals surface area contributed by atoms with E-state index in [1.165, 1.54) is 37.7 Å². The number of nitrogens with one attached hydrogen (secondary N) is 1. The normalized spacial score (nSPS) is 21.6. The van der Waals surface area contributed by atoms with Gasteiger partial charge in [-0.1, -0.05) is 30.6 Å². The van der Waals surface area contributed by atoms with Gasteiger partial charge in [-0.25, -0.2) is 5.43 Å². The van der Waals surface area contributed by atoms with Crippen LogP contribution in [0.15, 0.2) is 29.8 Å². The Morgan fingerprint density at radius 2 is 2.06 bits per heavy atom. The van der Waals surface area contributed by atoms with Gasteiger partial charge in [0.2, 0.25) is 0 Å². The maximum Gasteiger partial charge on any atom is 0.0841 e. The highest BCUT2D eigenvalue weighted by molar-refractivity contribution is 5.24. The summed E-state index contributed by atoms with van der Waals surface area (Å²) in [5.41, 5.74) is 6.40. The molecule has 1 aliphatic rings. The van der Waals surface area contributed by atoms with Gasteiger partial charge in [-0.2, -0.15) is 0 Å². The SMILES string of the molecule is Cc1cccc(C(NN)/C2=C/CCCCCC2)n1. The maximum atomic E-state index is 5.74. The number of nitrogens with two attached hydrogens (primary N) is 1. The van der Waals surface area contributed by atoms with Gasteiger partial charge in [-0.05, 0) is 44.7 Å². The van der Waals surface area contributed by atoms with E-state index in [1.807, 2.05) is 19.1 Å². The third kappa shape index (κ3) is 3.40. The predicted molar refractivity (Wildman–Crippen MR) is 74.8 cm³/mol. The highest BCUT2D eigenvalue weighted by Crippen LogP contribution is 2.27. The van der Waals surface area contributed by atoms with Crippen molar-refractivity contribution < 1.29 is 0 Å². The molecule has 1 atom stereocenters. The molecular formula is C15H23N3. The first-order chi connectivity index (χ1) is 8.81. The highest BCUT2D eigenvalue weighted by Gasteiger charge is 2.17. The van der Waals surface area contributed by atoms with Gasteiger partial charge < -0.3 is 0 Å². The molecule has 0 spiro atoms. The number of hydrogen-bond acceptors (Lipinski definition) is 3. The smallest absolute Gasteiger partial charge is 0.0841 e. The van der Waals surface area contributed by atoms with Gasteiger partial charge in [0.15, 0.2) is 0 Å². The van der Waals surface area contributed by atoms with Crippen molar-refractivity contribution in [3.8, 4) is 0 Å². The average molecular weight is 245 g/mol. The van der Waals surface area contributed by atoms with Gasteiger partial charge in [-0.3, -0.25) is 10.8 Å². The van der Waals surface area contributed by atoms with Crippen LogP contribution in [0.25, 0.3) is 0 Å². The van der Waals surface area contributed by atoms with Crippen molar-refractivity contribution in [3.63, 3.8) is 0 Å². The Morgan fingerprint density at radius 1 is 1.22 bits per heavy atom. The van der Waals surface area contributed by atoms with Crippen molar-refractivity contribution in [1.82, 2.24) is 10.4 Å². The van der Waals surface area contributed by atoms with Gasteiger partial charge in [0.05, 0.1) is 11.7 Å². The second-order valence-corrected chi connectivity index (χ2v) is 5.04. The Kier molecular flexibility index (Phi) is 4.90. The van der Waals surface area contributed by atoms with Crippen LogP contribution in [0.2, 0.25) is 0 Å². The molecule has 1 aromatic heterocycles. The molecule has 2 rings (SSSR count). The quantitative estimate of drug-likeness (QED) is 0.488. The third-order valence-corrected chi connectivity index (χ3v) is 3.57. The molecule has 0 bridgehead atoms. The van der Waals surface area contributed by atoms with Crippen LogP contribution in [0.5, 0.6) is 0 Å². The molecule has 0 aromatic carbocycles. The van der Waals surface area contributed by atoms with Crippen LogP contribution in [0, 0.1) is 6.92 Å². The van der Waals surface area contributed by atoms with Crippen LogP contribution in [0.3, 0.4) is 0 Å². The minimum Gasteiger partial charge on any atom is -0.271 e. The molecule has 0 saturated heterocycles. The Balaban J connectivity index is 2.21. The third-order valence-electron chi connectivity index (χ3n) is 3.57. The van der Waals surface area contributed by atoms with Crippen LogP contribution in [-0.2, 0) is 0 Å². The number of rotatable bonds is 3. The lowest BCUT2D eigenvalue weighted by Crippen LogP contribution is -2.30. The summed E-state index contributed by atoms with van der Waals surface area (Å²) in [4.78, 5) is 4.59. The molecule has 3 nitrogen and oxygen atoms in total. The van der Waals surface area contributed by atoms with Crippen molar-refractivity contribution >= 4 is 0 Å². The summed E-state index contributed by atoms with van der Waals surface area (Å²) >= 11 is 0. The summed E-state index contributed by atoms with van der Waals surface area (Å²) in [6.07, 6.45) is 9.89.